The molecule has 5 nitrogen and oxygen atoms in total. The monoisotopic (exact) mass is 424 g/mol. The van der Waals surface area contributed by atoms with Crippen LogP contribution in [0, 0.1) is 6.92 Å². The van der Waals surface area contributed by atoms with E-state index in [4.69, 9.17) is 4.74 Å². The maximum atomic E-state index is 13.1. The molecule has 0 aliphatic heterocycles. The summed E-state index contributed by atoms with van der Waals surface area (Å²) in [6.45, 7) is 14.0. The highest BCUT2D eigenvalue weighted by atomic mass is 16.5. The molecule has 2 aromatic rings. The molecule has 0 bridgehead atoms. The molecule has 0 unspecified atom stereocenters. The first-order valence-electron chi connectivity index (χ1n) is 10.9. The predicted molar refractivity (Wildman–Crippen MR) is 125 cm³/mol. The minimum atomic E-state index is -0.626. The van der Waals surface area contributed by atoms with Crippen LogP contribution < -0.4 is 10.1 Å². The number of hydrogen-bond donors (Lipinski definition) is 1. The molecule has 0 spiro atoms. The van der Waals surface area contributed by atoms with E-state index in [2.05, 4.69) is 19.2 Å². The Morgan fingerprint density at radius 1 is 1.03 bits per heavy atom. The van der Waals surface area contributed by atoms with E-state index < -0.39 is 6.04 Å². The number of aryl methyl sites for hydroxylation is 1. The number of nitrogens with one attached hydrogen (secondary N) is 1. The van der Waals surface area contributed by atoms with Gasteiger partial charge in [0.25, 0.3) is 5.91 Å². The number of amides is 2. The second-order valence-corrected chi connectivity index (χ2v) is 9.44. The van der Waals surface area contributed by atoms with Crippen molar-refractivity contribution < 1.29 is 14.3 Å². The third-order valence-corrected chi connectivity index (χ3v) is 5.01. The molecule has 0 aromatic heterocycles. The fourth-order valence-corrected chi connectivity index (χ4v) is 3.24. The number of benzene rings is 2. The number of nitrogens with zero attached hydrogens (tertiary/aromatic N) is 1. The van der Waals surface area contributed by atoms with Crippen molar-refractivity contribution in [3.05, 3.63) is 65.2 Å². The van der Waals surface area contributed by atoms with Crippen molar-refractivity contribution in [1.82, 2.24) is 10.2 Å². The zero-order valence-corrected chi connectivity index (χ0v) is 19.9. The van der Waals surface area contributed by atoms with E-state index in [1.807, 2.05) is 76.2 Å². The Labute approximate surface area is 186 Å². The third-order valence-electron chi connectivity index (χ3n) is 5.01. The van der Waals surface area contributed by atoms with Gasteiger partial charge in [-0.1, -0.05) is 55.8 Å². The van der Waals surface area contributed by atoms with Gasteiger partial charge in [-0.15, -0.1) is 0 Å². The van der Waals surface area contributed by atoms with Crippen molar-refractivity contribution in [2.75, 3.05) is 6.61 Å². The van der Waals surface area contributed by atoms with Crippen LogP contribution in [-0.2, 0) is 16.1 Å². The van der Waals surface area contributed by atoms with Gasteiger partial charge in [-0.25, -0.2) is 0 Å². The first-order chi connectivity index (χ1) is 14.5. The molecule has 31 heavy (non-hydrogen) atoms. The van der Waals surface area contributed by atoms with Crippen molar-refractivity contribution in [1.29, 1.82) is 0 Å². The standard InChI is InChI=1S/C26H36N2O3/c1-18(2)22-11-13-23(14-12-22)31-17-24(29)28(16-21-10-8-9-19(3)15-21)20(4)25(30)27-26(5,6)7/h8-15,18,20H,16-17H2,1-7H3,(H,27,30)/t20-/m0/s1. The SMILES string of the molecule is Cc1cccc(CN(C(=O)COc2ccc(C(C)C)cc2)[C@@H](C)C(=O)NC(C)(C)C)c1. The normalized spacial score (nSPS) is 12.4. The van der Waals surface area contributed by atoms with Gasteiger partial charge in [0.1, 0.15) is 11.8 Å². The van der Waals surface area contributed by atoms with Crippen molar-refractivity contribution >= 4 is 11.8 Å². The molecule has 2 amide bonds. The maximum Gasteiger partial charge on any atom is 0.261 e. The van der Waals surface area contributed by atoms with Gasteiger partial charge in [-0.3, -0.25) is 9.59 Å². The number of hydrogen-bond acceptors (Lipinski definition) is 3. The Morgan fingerprint density at radius 3 is 2.23 bits per heavy atom. The highest BCUT2D eigenvalue weighted by molar-refractivity contribution is 5.88. The summed E-state index contributed by atoms with van der Waals surface area (Å²) in [5.74, 6) is 0.656. The van der Waals surface area contributed by atoms with Crippen molar-refractivity contribution in [2.24, 2.45) is 0 Å². The average molecular weight is 425 g/mol. The quantitative estimate of drug-likeness (QED) is 0.660. The van der Waals surface area contributed by atoms with Crippen LogP contribution in [0.2, 0.25) is 0 Å². The molecular formula is C26H36N2O3. The number of rotatable bonds is 8. The summed E-state index contributed by atoms with van der Waals surface area (Å²) in [6, 6.07) is 15.1. The predicted octanol–water partition coefficient (Wildman–Crippen LogP) is 4.83. The highest BCUT2D eigenvalue weighted by Crippen LogP contribution is 2.19. The largest absolute Gasteiger partial charge is 0.484 e. The van der Waals surface area contributed by atoms with Gasteiger partial charge in [0.05, 0.1) is 0 Å². The van der Waals surface area contributed by atoms with Crippen LogP contribution in [0.1, 0.15) is 64.2 Å². The Morgan fingerprint density at radius 2 is 1.68 bits per heavy atom. The summed E-state index contributed by atoms with van der Waals surface area (Å²) in [5, 5.41) is 2.97. The molecule has 0 fully saturated rings. The topological polar surface area (TPSA) is 58.6 Å². The van der Waals surface area contributed by atoms with E-state index in [1.165, 1.54) is 5.56 Å². The summed E-state index contributed by atoms with van der Waals surface area (Å²) >= 11 is 0. The molecule has 0 heterocycles. The van der Waals surface area contributed by atoms with Crippen LogP contribution in [0.4, 0.5) is 0 Å². The molecule has 5 heteroatoms. The van der Waals surface area contributed by atoms with Crippen molar-refractivity contribution in [2.45, 2.75) is 72.5 Å². The van der Waals surface area contributed by atoms with Gasteiger partial charge in [-0.2, -0.15) is 0 Å². The summed E-state index contributed by atoms with van der Waals surface area (Å²) in [5.41, 5.74) is 2.92. The second-order valence-electron chi connectivity index (χ2n) is 9.44. The Kier molecular flexibility index (Phi) is 8.26. The molecule has 0 saturated heterocycles. The van der Waals surface area contributed by atoms with Gasteiger partial charge in [0.2, 0.25) is 5.91 Å². The summed E-state index contributed by atoms with van der Waals surface area (Å²) in [4.78, 5) is 27.5. The summed E-state index contributed by atoms with van der Waals surface area (Å²) in [7, 11) is 0. The molecule has 1 N–H and O–H groups in total. The molecule has 168 valence electrons. The first kappa shape index (κ1) is 24.4. The summed E-state index contributed by atoms with van der Waals surface area (Å²) in [6.07, 6.45) is 0. The molecule has 0 aliphatic rings. The Bertz CT molecular complexity index is 882. The fraction of sp³-hybridized carbons (Fsp3) is 0.462. The number of ether oxygens (including phenoxy) is 1. The lowest BCUT2D eigenvalue weighted by Gasteiger charge is -2.31. The van der Waals surface area contributed by atoms with Crippen LogP contribution in [0.3, 0.4) is 0 Å². The van der Waals surface area contributed by atoms with Crippen LogP contribution in [-0.4, -0.2) is 34.9 Å². The van der Waals surface area contributed by atoms with Crippen LogP contribution in [0.5, 0.6) is 5.75 Å². The molecule has 0 saturated carbocycles. The van der Waals surface area contributed by atoms with E-state index in [9.17, 15) is 9.59 Å². The van der Waals surface area contributed by atoms with Crippen LogP contribution in [0.25, 0.3) is 0 Å². The van der Waals surface area contributed by atoms with Gasteiger partial charge in [-0.05, 0) is 63.8 Å². The van der Waals surface area contributed by atoms with E-state index in [1.54, 1.807) is 11.8 Å². The lowest BCUT2D eigenvalue weighted by atomic mass is 10.0. The fourth-order valence-electron chi connectivity index (χ4n) is 3.24. The lowest BCUT2D eigenvalue weighted by molar-refractivity contribution is -0.142. The number of carbonyl (C=O) groups excluding carboxylic acids is 2. The van der Waals surface area contributed by atoms with Gasteiger partial charge >= 0.3 is 0 Å². The van der Waals surface area contributed by atoms with Gasteiger partial charge in [0, 0.05) is 12.1 Å². The van der Waals surface area contributed by atoms with E-state index >= 15 is 0 Å². The van der Waals surface area contributed by atoms with Gasteiger partial charge in [0.15, 0.2) is 6.61 Å². The first-order valence-corrected chi connectivity index (χ1v) is 10.9. The van der Waals surface area contributed by atoms with Gasteiger partial charge < -0.3 is 15.0 Å². The second kappa shape index (κ2) is 10.5. The molecule has 0 radical (unpaired) electrons. The zero-order chi connectivity index (χ0) is 23.2. The lowest BCUT2D eigenvalue weighted by Crippen LogP contribution is -2.53. The Balaban J connectivity index is 2.15. The third kappa shape index (κ3) is 7.74. The van der Waals surface area contributed by atoms with E-state index in [0.29, 0.717) is 18.2 Å². The van der Waals surface area contributed by atoms with Crippen LogP contribution in [0.15, 0.2) is 48.5 Å². The minimum Gasteiger partial charge on any atom is -0.484 e. The molecule has 0 aliphatic carbocycles. The average Bonchev–Trinajstić information content (AvgIpc) is 2.68. The summed E-state index contributed by atoms with van der Waals surface area (Å²) < 4.78 is 5.75. The van der Waals surface area contributed by atoms with E-state index in [-0.39, 0.29) is 24.0 Å². The minimum absolute atomic E-state index is 0.125. The van der Waals surface area contributed by atoms with Crippen LogP contribution >= 0.6 is 0 Å². The number of carbonyl (C=O) groups is 2. The molecular weight excluding hydrogens is 388 g/mol. The molecule has 2 aromatic carbocycles. The highest BCUT2D eigenvalue weighted by Gasteiger charge is 2.28. The molecule has 1 atom stereocenters. The maximum absolute atomic E-state index is 13.1. The smallest absolute Gasteiger partial charge is 0.261 e. The zero-order valence-electron chi connectivity index (χ0n) is 19.9. The Hall–Kier alpha value is -2.82. The van der Waals surface area contributed by atoms with Crippen molar-refractivity contribution in [3.63, 3.8) is 0 Å². The molecule has 2 rings (SSSR count). The van der Waals surface area contributed by atoms with E-state index in [0.717, 1.165) is 11.1 Å². The van der Waals surface area contributed by atoms with Crippen molar-refractivity contribution in [3.8, 4) is 5.75 Å².